The van der Waals surface area contributed by atoms with Crippen molar-refractivity contribution in [1.29, 1.82) is 0 Å². The van der Waals surface area contributed by atoms with E-state index in [1.165, 1.54) is 6.26 Å². The van der Waals surface area contributed by atoms with Crippen LogP contribution in [0.15, 0.2) is 41.3 Å². The van der Waals surface area contributed by atoms with Crippen molar-refractivity contribution in [2.24, 2.45) is 0 Å². The summed E-state index contributed by atoms with van der Waals surface area (Å²) in [6.45, 7) is 6.17. The zero-order valence-electron chi connectivity index (χ0n) is 14.3. The van der Waals surface area contributed by atoms with Crippen LogP contribution < -0.4 is 5.32 Å². The van der Waals surface area contributed by atoms with Gasteiger partial charge in [-0.1, -0.05) is 19.1 Å². The molecule has 1 amide bonds. The molecule has 0 radical (unpaired) electrons. The quantitative estimate of drug-likeness (QED) is 0.903. The van der Waals surface area contributed by atoms with E-state index in [0.717, 1.165) is 17.0 Å². The van der Waals surface area contributed by atoms with Gasteiger partial charge in [0.15, 0.2) is 9.84 Å². The van der Waals surface area contributed by atoms with Gasteiger partial charge >= 0.3 is 0 Å². The van der Waals surface area contributed by atoms with Crippen LogP contribution in [-0.4, -0.2) is 32.1 Å². The first-order valence-corrected chi connectivity index (χ1v) is 9.59. The van der Waals surface area contributed by atoms with Crippen molar-refractivity contribution in [3.8, 4) is 0 Å². The van der Waals surface area contributed by atoms with Crippen LogP contribution in [0.3, 0.4) is 0 Å². The molecule has 1 heterocycles. The Morgan fingerprint density at radius 1 is 1.12 bits per heavy atom. The van der Waals surface area contributed by atoms with Gasteiger partial charge in [0.2, 0.25) is 0 Å². The standard InChI is InChI=1S/C18H22N2O3S/c1-12(15-5-7-17(8-6-15)24(4,22)23)11-19-18(21)16-9-13(2)20-14(3)10-16/h5-10,12H,11H2,1-4H3,(H,19,21)/t12-/m0/s1. The molecule has 1 N–H and O–H groups in total. The van der Waals surface area contributed by atoms with Crippen LogP contribution in [0.5, 0.6) is 0 Å². The van der Waals surface area contributed by atoms with E-state index in [2.05, 4.69) is 10.3 Å². The summed E-state index contributed by atoms with van der Waals surface area (Å²) >= 11 is 0. The second kappa shape index (κ2) is 7.13. The third-order valence-electron chi connectivity index (χ3n) is 3.79. The lowest BCUT2D eigenvalue weighted by Gasteiger charge is -2.14. The monoisotopic (exact) mass is 346 g/mol. The number of carbonyl (C=O) groups is 1. The van der Waals surface area contributed by atoms with Gasteiger partial charge in [0.25, 0.3) is 5.91 Å². The number of aromatic nitrogens is 1. The van der Waals surface area contributed by atoms with Crippen LogP contribution in [-0.2, 0) is 9.84 Å². The molecule has 0 fully saturated rings. The van der Waals surface area contributed by atoms with Gasteiger partial charge < -0.3 is 5.32 Å². The molecule has 0 bridgehead atoms. The molecule has 0 aliphatic rings. The Hall–Kier alpha value is -2.21. The normalized spacial score (nSPS) is 12.7. The van der Waals surface area contributed by atoms with Gasteiger partial charge in [-0.25, -0.2) is 8.42 Å². The second-order valence-corrected chi connectivity index (χ2v) is 8.11. The maximum atomic E-state index is 12.3. The largest absolute Gasteiger partial charge is 0.351 e. The van der Waals surface area contributed by atoms with Gasteiger partial charge in [-0.3, -0.25) is 9.78 Å². The first kappa shape index (κ1) is 18.1. The minimum Gasteiger partial charge on any atom is -0.351 e. The van der Waals surface area contributed by atoms with Gasteiger partial charge in [-0.15, -0.1) is 0 Å². The summed E-state index contributed by atoms with van der Waals surface area (Å²) in [5.41, 5.74) is 3.19. The molecule has 1 aromatic carbocycles. The summed E-state index contributed by atoms with van der Waals surface area (Å²) in [5, 5.41) is 2.91. The highest BCUT2D eigenvalue weighted by Gasteiger charge is 2.12. The molecule has 6 heteroatoms. The lowest BCUT2D eigenvalue weighted by Crippen LogP contribution is -2.27. The maximum absolute atomic E-state index is 12.3. The zero-order chi connectivity index (χ0) is 17.9. The van der Waals surface area contributed by atoms with Crippen molar-refractivity contribution < 1.29 is 13.2 Å². The van der Waals surface area contributed by atoms with Gasteiger partial charge in [0.05, 0.1) is 4.90 Å². The highest BCUT2D eigenvalue weighted by molar-refractivity contribution is 7.90. The number of benzene rings is 1. The van der Waals surface area contributed by atoms with Crippen LogP contribution in [0.25, 0.3) is 0 Å². The molecule has 24 heavy (non-hydrogen) atoms. The fourth-order valence-electron chi connectivity index (χ4n) is 2.47. The first-order chi connectivity index (χ1) is 11.2. The van der Waals surface area contributed by atoms with E-state index in [4.69, 9.17) is 0 Å². The molecule has 0 aliphatic heterocycles. The van der Waals surface area contributed by atoms with Crippen molar-refractivity contribution in [2.75, 3.05) is 12.8 Å². The predicted octanol–water partition coefficient (Wildman–Crippen LogP) is 2.64. The van der Waals surface area contributed by atoms with Gasteiger partial charge in [0.1, 0.15) is 0 Å². The summed E-state index contributed by atoms with van der Waals surface area (Å²) in [5.74, 6) is -0.0604. The van der Waals surface area contributed by atoms with Crippen molar-refractivity contribution >= 4 is 15.7 Å². The Morgan fingerprint density at radius 2 is 1.67 bits per heavy atom. The maximum Gasteiger partial charge on any atom is 0.251 e. The molecule has 128 valence electrons. The van der Waals surface area contributed by atoms with Crippen molar-refractivity contribution in [2.45, 2.75) is 31.6 Å². The second-order valence-electron chi connectivity index (χ2n) is 6.09. The third kappa shape index (κ3) is 4.64. The molecule has 5 nitrogen and oxygen atoms in total. The van der Waals surface area contributed by atoms with Crippen LogP contribution in [0.4, 0.5) is 0 Å². The molecule has 0 unspecified atom stereocenters. The number of aryl methyl sites for hydroxylation is 2. The predicted molar refractivity (Wildman–Crippen MR) is 94.0 cm³/mol. The summed E-state index contributed by atoms with van der Waals surface area (Å²) in [4.78, 5) is 16.8. The fourth-order valence-corrected chi connectivity index (χ4v) is 3.11. The number of carbonyl (C=O) groups excluding carboxylic acids is 1. The molecule has 0 spiro atoms. The average molecular weight is 346 g/mol. The molecule has 0 aliphatic carbocycles. The third-order valence-corrected chi connectivity index (χ3v) is 4.92. The molecular weight excluding hydrogens is 324 g/mol. The lowest BCUT2D eigenvalue weighted by atomic mass is 10.0. The molecule has 1 aromatic heterocycles. The highest BCUT2D eigenvalue weighted by atomic mass is 32.2. The molecular formula is C18H22N2O3S. The van der Waals surface area contributed by atoms with E-state index < -0.39 is 9.84 Å². The number of hydrogen-bond donors (Lipinski definition) is 1. The molecule has 1 atom stereocenters. The topological polar surface area (TPSA) is 76.1 Å². The number of nitrogens with zero attached hydrogens (tertiary/aromatic N) is 1. The Labute approximate surface area is 143 Å². The van der Waals surface area contributed by atoms with Gasteiger partial charge in [-0.2, -0.15) is 0 Å². The summed E-state index contributed by atoms with van der Waals surface area (Å²) in [6, 6.07) is 10.3. The average Bonchev–Trinajstić information content (AvgIpc) is 2.50. The SMILES string of the molecule is Cc1cc(C(=O)NC[C@H](C)c2ccc(S(C)(=O)=O)cc2)cc(C)n1. The highest BCUT2D eigenvalue weighted by Crippen LogP contribution is 2.17. The zero-order valence-corrected chi connectivity index (χ0v) is 15.1. The Bertz CT molecular complexity index is 823. The van der Waals surface area contributed by atoms with E-state index >= 15 is 0 Å². The van der Waals surface area contributed by atoms with E-state index in [0.29, 0.717) is 17.0 Å². The van der Waals surface area contributed by atoms with Crippen LogP contribution in [0.2, 0.25) is 0 Å². The number of rotatable bonds is 5. The molecule has 0 saturated heterocycles. The first-order valence-electron chi connectivity index (χ1n) is 7.70. The molecule has 2 rings (SSSR count). The molecule has 0 saturated carbocycles. The van der Waals surface area contributed by atoms with Crippen molar-refractivity contribution in [1.82, 2.24) is 10.3 Å². The van der Waals surface area contributed by atoms with Crippen molar-refractivity contribution in [3.63, 3.8) is 0 Å². The van der Waals surface area contributed by atoms with Crippen LogP contribution in [0, 0.1) is 13.8 Å². The minimum atomic E-state index is -3.19. The summed E-state index contributed by atoms with van der Waals surface area (Å²) in [7, 11) is -3.19. The fraction of sp³-hybridized carbons (Fsp3) is 0.333. The van der Waals surface area contributed by atoms with E-state index in [1.807, 2.05) is 20.8 Å². The Kier molecular flexibility index (Phi) is 5.39. The smallest absolute Gasteiger partial charge is 0.251 e. The summed E-state index contributed by atoms with van der Waals surface area (Å²) < 4.78 is 23.0. The Balaban J connectivity index is 2.02. The van der Waals surface area contributed by atoms with Crippen LogP contribution >= 0.6 is 0 Å². The number of nitrogens with one attached hydrogen (secondary N) is 1. The van der Waals surface area contributed by atoms with Crippen molar-refractivity contribution in [3.05, 3.63) is 58.9 Å². The van der Waals surface area contributed by atoms with Crippen LogP contribution in [0.1, 0.15) is 40.2 Å². The van der Waals surface area contributed by atoms with Gasteiger partial charge in [0, 0.05) is 29.8 Å². The van der Waals surface area contributed by atoms with E-state index in [1.54, 1.807) is 36.4 Å². The lowest BCUT2D eigenvalue weighted by molar-refractivity contribution is 0.0951. The number of hydrogen-bond acceptors (Lipinski definition) is 4. The Morgan fingerprint density at radius 3 is 2.17 bits per heavy atom. The summed E-state index contributed by atoms with van der Waals surface area (Å²) in [6.07, 6.45) is 1.18. The van der Waals surface area contributed by atoms with E-state index in [9.17, 15) is 13.2 Å². The molecule has 2 aromatic rings. The number of amides is 1. The minimum absolute atomic E-state index is 0.0755. The van der Waals surface area contributed by atoms with E-state index in [-0.39, 0.29) is 11.8 Å². The van der Waals surface area contributed by atoms with Gasteiger partial charge in [-0.05, 0) is 49.6 Å². The number of pyridine rings is 1. The number of sulfone groups is 1.